The number of carbonyl (C=O) groups excluding carboxylic acids is 1. The number of tetrazole rings is 1. The van der Waals surface area contributed by atoms with Gasteiger partial charge in [0.2, 0.25) is 5.91 Å². The molecule has 6 nitrogen and oxygen atoms in total. The average Bonchev–Trinajstić information content (AvgIpc) is 2.93. The zero-order chi connectivity index (χ0) is 14.9. The molecule has 1 fully saturated rings. The number of H-pyrrole nitrogens is 1. The maximum absolute atomic E-state index is 12.1. The van der Waals surface area contributed by atoms with Crippen LogP contribution in [-0.2, 0) is 4.79 Å². The number of hydrogen-bond acceptors (Lipinski definition) is 4. The first-order valence-corrected chi connectivity index (χ1v) is 7.16. The Morgan fingerprint density at radius 3 is 2.90 bits per heavy atom. The zero-order valence-electron chi connectivity index (χ0n) is 12.2. The van der Waals surface area contributed by atoms with E-state index in [2.05, 4.69) is 57.1 Å². The number of aromatic amines is 1. The van der Waals surface area contributed by atoms with Crippen LogP contribution in [0.3, 0.4) is 0 Å². The molecule has 1 amide bonds. The fraction of sp³-hybridized carbons (Fsp3) is 0.467. The Morgan fingerprint density at radius 2 is 2.24 bits per heavy atom. The van der Waals surface area contributed by atoms with Crippen molar-refractivity contribution in [2.24, 2.45) is 5.41 Å². The summed E-state index contributed by atoms with van der Waals surface area (Å²) in [5.74, 6) is 0.505. The number of carbonyl (C=O) groups is 1. The van der Waals surface area contributed by atoms with E-state index in [-0.39, 0.29) is 17.2 Å². The largest absolute Gasteiger partial charge is 0.355 e. The topological polar surface area (TPSA) is 83.6 Å². The molecule has 1 saturated carbocycles. The van der Waals surface area contributed by atoms with E-state index in [1.54, 1.807) is 6.92 Å². The van der Waals surface area contributed by atoms with Gasteiger partial charge < -0.3 is 5.32 Å². The standard InChI is InChI=1S/C15H19N5O/c1-10(13-17-19-20-18-13)14(21)16-9-15(2)8-12(15)11-6-4-3-5-7-11/h3-7,10,12H,8-9H2,1-2H3,(H,16,21)(H,17,18,19,20)/t10?,12-,15-/m1/s1. The number of benzene rings is 1. The first-order valence-electron chi connectivity index (χ1n) is 7.16. The van der Waals surface area contributed by atoms with E-state index in [9.17, 15) is 4.79 Å². The summed E-state index contributed by atoms with van der Waals surface area (Å²) in [5.41, 5.74) is 1.49. The zero-order valence-corrected chi connectivity index (χ0v) is 12.2. The van der Waals surface area contributed by atoms with Gasteiger partial charge in [0.1, 0.15) is 0 Å². The van der Waals surface area contributed by atoms with Crippen molar-refractivity contribution < 1.29 is 4.79 Å². The summed E-state index contributed by atoms with van der Waals surface area (Å²) in [6, 6.07) is 10.5. The Bertz CT molecular complexity index is 612. The van der Waals surface area contributed by atoms with Crippen molar-refractivity contribution in [2.45, 2.75) is 32.1 Å². The third kappa shape index (κ3) is 2.79. The third-order valence-electron chi connectivity index (χ3n) is 4.36. The summed E-state index contributed by atoms with van der Waals surface area (Å²) in [5, 5.41) is 16.6. The average molecular weight is 285 g/mol. The van der Waals surface area contributed by atoms with E-state index in [1.165, 1.54) is 5.56 Å². The van der Waals surface area contributed by atoms with Crippen molar-refractivity contribution in [1.82, 2.24) is 25.9 Å². The van der Waals surface area contributed by atoms with Crippen LogP contribution in [0.2, 0.25) is 0 Å². The normalized spacial score (nSPS) is 25.3. The van der Waals surface area contributed by atoms with Crippen LogP contribution in [0.25, 0.3) is 0 Å². The predicted molar refractivity (Wildman–Crippen MR) is 77.5 cm³/mol. The molecule has 0 saturated heterocycles. The fourth-order valence-electron chi connectivity index (χ4n) is 2.72. The Hall–Kier alpha value is -2.24. The molecule has 1 unspecified atom stereocenters. The van der Waals surface area contributed by atoms with Crippen molar-refractivity contribution >= 4 is 5.91 Å². The van der Waals surface area contributed by atoms with Gasteiger partial charge in [-0.05, 0) is 30.2 Å². The lowest BCUT2D eigenvalue weighted by atomic mass is 10.0. The number of rotatable bonds is 5. The maximum atomic E-state index is 12.1. The van der Waals surface area contributed by atoms with Gasteiger partial charge in [0.15, 0.2) is 5.82 Å². The SMILES string of the molecule is CC(C(=O)NC[C@@]1(C)C[C@@H]1c1ccccc1)c1nn[nH]n1. The Morgan fingerprint density at radius 1 is 1.48 bits per heavy atom. The molecule has 1 aromatic heterocycles. The molecule has 2 N–H and O–H groups in total. The van der Waals surface area contributed by atoms with Crippen molar-refractivity contribution in [3.8, 4) is 0 Å². The monoisotopic (exact) mass is 285 g/mol. The van der Waals surface area contributed by atoms with Gasteiger partial charge in [-0.2, -0.15) is 5.21 Å². The number of amides is 1. The van der Waals surface area contributed by atoms with E-state index in [1.807, 2.05) is 6.07 Å². The van der Waals surface area contributed by atoms with Gasteiger partial charge in [-0.15, -0.1) is 10.2 Å². The first kappa shape index (κ1) is 13.7. The molecule has 1 aliphatic rings. The lowest BCUT2D eigenvalue weighted by Gasteiger charge is -2.14. The van der Waals surface area contributed by atoms with Crippen LogP contribution in [0, 0.1) is 5.41 Å². The molecule has 0 aliphatic heterocycles. The molecule has 3 rings (SSSR count). The van der Waals surface area contributed by atoms with E-state index in [0.717, 1.165) is 6.42 Å². The molecule has 1 aliphatic carbocycles. The van der Waals surface area contributed by atoms with Gasteiger partial charge in [0.25, 0.3) is 0 Å². The second kappa shape index (κ2) is 5.27. The molecule has 1 heterocycles. The smallest absolute Gasteiger partial charge is 0.230 e. The molecule has 110 valence electrons. The molecule has 1 aromatic carbocycles. The van der Waals surface area contributed by atoms with E-state index < -0.39 is 0 Å². The van der Waals surface area contributed by atoms with Crippen LogP contribution >= 0.6 is 0 Å². The second-order valence-corrected chi connectivity index (χ2v) is 6.03. The van der Waals surface area contributed by atoms with Gasteiger partial charge in [0.05, 0.1) is 5.92 Å². The highest BCUT2D eigenvalue weighted by molar-refractivity contribution is 5.82. The molecule has 0 radical (unpaired) electrons. The van der Waals surface area contributed by atoms with Crippen molar-refractivity contribution in [3.63, 3.8) is 0 Å². The van der Waals surface area contributed by atoms with Crippen LogP contribution in [0.1, 0.15) is 43.5 Å². The van der Waals surface area contributed by atoms with Crippen LogP contribution in [0.4, 0.5) is 0 Å². The van der Waals surface area contributed by atoms with Gasteiger partial charge >= 0.3 is 0 Å². The van der Waals surface area contributed by atoms with Crippen molar-refractivity contribution in [3.05, 3.63) is 41.7 Å². The summed E-state index contributed by atoms with van der Waals surface area (Å²) in [7, 11) is 0. The minimum atomic E-state index is -0.388. The summed E-state index contributed by atoms with van der Waals surface area (Å²) in [4.78, 5) is 12.1. The van der Waals surface area contributed by atoms with E-state index in [4.69, 9.17) is 0 Å². The molecule has 0 bridgehead atoms. The summed E-state index contributed by atoms with van der Waals surface area (Å²) < 4.78 is 0. The summed E-state index contributed by atoms with van der Waals surface area (Å²) in [6.07, 6.45) is 1.11. The molecule has 3 atom stereocenters. The first-order chi connectivity index (χ1) is 10.1. The van der Waals surface area contributed by atoms with Crippen molar-refractivity contribution in [1.29, 1.82) is 0 Å². The predicted octanol–water partition coefficient (Wildman–Crippen LogP) is 1.61. The molecule has 6 heteroatoms. The highest BCUT2D eigenvalue weighted by Crippen LogP contribution is 2.58. The quantitative estimate of drug-likeness (QED) is 0.874. The lowest BCUT2D eigenvalue weighted by Crippen LogP contribution is -2.33. The Kier molecular flexibility index (Phi) is 3.45. The number of nitrogens with one attached hydrogen (secondary N) is 2. The highest BCUT2D eigenvalue weighted by Gasteiger charge is 2.50. The van der Waals surface area contributed by atoms with E-state index in [0.29, 0.717) is 18.3 Å². The van der Waals surface area contributed by atoms with E-state index >= 15 is 0 Å². The molecule has 0 spiro atoms. The molecular weight excluding hydrogens is 266 g/mol. The molecule has 2 aromatic rings. The number of aromatic nitrogens is 4. The Balaban J connectivity index is 1.55. The van der Waals surface area contributed by atoms with Crippen LogP contribution in [0.5, 0.6) is 0 Å². The number of hydrogen-bond donors (Lipinski definition) is 2. The van der Waals surface area contributed by atoms with Crippen LogP contribution < -0.4 is 5.32 Å². The fourth-order valence-corrected chi connectivity index (χ4v) is 2.72. The van der Waals surface area contributed by atoms with Gasteiger partial charge in [0, 0.05) is 6.54 Å². The summed E-state index contributed by atoms with van der Waals surface area (Å²) >= 11 is 0. The van der Waals surface area contributed by atoms with Gasteiger partial charge in [-0.1, -0.05) is 42.5 Å². The summed E-state index contributed by atoms with van der Waals surface area (Å²) in [6.45, 7) is 4.67. The van der Waals surface area contributed by atoms with Crippen molar-refractivity contribution in [2.75, 3.05) is 6.54 Å². The lowest BCUT2D eigenvalue weighted by molar-refractivity contribution is -0.122. The van der Waals surface area contributed by atoms with Crippen LogP contribution in [0.15, 0.2) is 30.3 Å². The maximum Gasteiger partial charge on any atom is 0.230 e. The molecular formula is C15H19N5O. The third-order valence-corrected chi connectivity index (χ3v) is 4.36. The van der Waals surface area contributed by atoms with Gasteiger partial charge in [-0.25, -0.2) is 0 Å². The minimum Gasteiger partial charge on any atom is -0.355 e. The minimum absolute atomic E-state index is 0.0589. The Labute approximate surface area is 123 Å². The van der Waals surface area contributed by atoms with Crippen LogP contribution in [-0.4, -0.2) is 33.1 Å². The number of nitrogens with zero attached hydrogens (tertiary/aromatic N) is 3. The highest BCUT2D eigenvalue weighted by atomic mass is 16.1. The second-order valence-electron chi connectivity index (χ2n) is 6.03. The van der Waals surface area contributed by atoms with Gasteiger partial charge in [-0.3, -0.25) is 4.79 Å². The molecule has 21 heavy (non-hydrogen) atoms.